The molecule has 2 aromatic carbocycles. The number of rotatable bonds is 4. The van der Waals surface area contributed by atoms with Crippen molar-refractivity contribution in [1.29, 1.82) is 0 Å². The number of nitrogens with zero attached hydrogens (tertiary/aromatic N) is 5. The molecule has 4 aromatic rings. The van der Waals surface area contributed by atoms with Crippen LogP contribution < -0.4 is 0 Å². The van der Waals surface area contributed by atoms with Gasteiger partial charge in [-0.2, -0.15) is 4.98 Å². The topological polar surface area (TPSA) is 69.6 Å². The van der Waals surface area contributed by atoms with Crippen LogP contribution in [0.25, 0.3) is 28.8 Å². The van der Waals surface area contributed by atoms with E-state index in [0.717, 1.165) is 24.4 Å². The van der Waals surface area contributed by atoms with Gasteiger partial charge in [0.05, 0.1) is 5.69 Å². The highest BCUT2D eigenvalue weighted by Crippen LogP contribution is 2.40. The van der Waals surface area contributed by atoms with Crippen molar-refractivity contribution < 1.29 is 8.91 Å². The molecular weight excluding hydrogens is 345 g/mol. The van der Waals surface area contributed by atoms with Crippen molar-refractivity contribution in [3.8, 4) is 28.8 Å². The summed E-state index contributed by atoms with van der Waals surface area (Å²) >= 11 is 0. The predicted octanol–water partition coefficient (Wildman–Crippen LogP) is 4.31. The second kappa shape index (κ2) is 6.12. The number of hydrogen-bond donors (Lipinski definition) is 0. The summed E-state index contributed by atoms with van der Waals surface area (Å²) in [6.45, 7) is 1.71. The quantitative estimate of drug-likeness (QED) is 0.542. The van der Waals surface area contributed by atoms with Gasteiger partial charge in [-0.3, -0.25) is 0 Å². The lowest BCUT2D eigenvalue weighted by Crippen LogP contribution is -2.01. The first-order chi connectivity index (χ1) is 13.2. The molecule has 134 valence electrons. The summed E-state index contributed by atoms with van der Waals surface area (Å²) in [6, 6.07) is 14.7. The van der Waals surface area contributed by atoms with E-state index in [-0.39, 0.29) is 11.7 Å². The highest BCUT2D eigenvalue weighted by molar-refractivity contribution is 5.57. The molecule has 5 rings (SSSR count). The fraction of sp³-hybridized carbons (Fsp3) is 0.200. The highest BCUT2D eigenvalue weighted by Gasteiger charge is 2.31. The van der Waals surface area contributed by atoms with Crippen LogP contribution in [0.5, 0.6) is 0 Å². The Labute approximate surface area is 154 Å². The zero-order valence-corrected chi connectivity index (χ0v) is 14.6. The van der Waals surface area contributed by atoms with Gasteiger partial charge in [0.2, 0.25) is 11.6 Å². The molecule has 0 atom stereocenters. The number of halogens is 1. The van der Waals surface area contributed by atoms with E-state index < -0.39 is 0 Å². The van der Waals surface area contributed by atoms with Crippen LogP contribution >= 0.6 is 0 Å². The molecule has 6 nitrogen and oxygen atoms in total. The minimum absolute atomic E-state index is 0.225. The van der Waals surface area contributed by atoms with Crippen molar-refractivity contribution >= 4 is 0 Å². The molecule has 0 bridgehead atoms. The van der Waals surface area contributed by atoms with Gasteiger partial charge in [0.15, 0.2) is 0 Å². The van der Waals surface area contributed by atoms with E-state index in [1.54, 1.807) is 19.1 Å². The van der Waals surface area contributed by atoms with Crippen LogP contribution in [0.4, 0.5) is 4.39 Å². The first-order valence-corrected chi connectivity index (χ1v) is 8.82. The minimum atomic E-state index is -0.304. The van der Waals surface area contributed by atoms with Gasteiger partial charge in [-0.05, 0) is 43.5 Å². The zero-order chi connectivity index (χ0) is 18.4. The second-order valence-corrected chi connectivity index (χ2v) is 6.70. The average Bonchev–Trinajstić information content (AvgIpc) is 3.25. The van der Waals surface area contributed by atoms with Crippen molar-refractivity contribution in [2.24, 2.45) is 0 Å². The highest BCUT2D eigenvalue weighted by atomic mass is 19.1. The molecule has 1 aliphatic carbocycles. The Bertz CT molecular complexity index is 1110. The third-order valence-corrected chi connectivity index (χ3v) is 4.62. The number of aryl methyl sites for hydroxylation is 1. The van der Waals surface area contributed by atoms with Gasteiger partial charge in [-0.15, -0.1) is 5.10 Å². The van der Waals surface area contributed by atoms with Crippen LogP contribution in [-0.4, -0.2) is 24.9 Å². The van der Waals surface area contributed by atoms with Gasteiger partial charge in [0.1, 0.15) is 11.6 Å². The summed E-state index contributed by atoms with van der Waals surface area (Å²) in [5.41, 5.74) is 2.07. The molecule has 2 heterocycles. The normalized spacial score (nSPS) is 13.9. The zero-order valence-electron chi connectivity index (χ0n) is 14.6. The van der Waals surface area contributed by atoms with E-state index in [1.807, 2.05) is 35.0 Å². The summed E-state index contributed by atoms with van der Waals surface area (Å²) < 4.78 is 21.0. The summed E-state index contributed by atoms with van der Waals surface area (Å²) in [4.78, 5) is 9.01. The molecule has 0 radical (unpaired) electrons. The molecule has 0 unspecified atom stereocenters. The molecule has 0 spiro atoms. The lowest BCUT2D eigenvalue weighted by molar-refractivity contribution is 0.429. The largest absolute Gasteiger partial charge is 0.330 e. The molecular formula is C20H16FN5O. The van der Waals surface area contributed by atoms with Gasteiger partial charge in [0.25, 0.3) is 5.89 Å². The van der Waals surface area contributed by atoms with Crippen molar-refractivity contribution in [1.82, 2.24) is 24.9 Å². The van der Waals surface area contributed by atoms with Crippen LogP contribution in [0.2, 0.25) is 0 Å². The van der Waals surface area contributed by atoms with E-state index >= 15 is 0 Å². The predicted molar refractivity (Wildman–Crippen MR) is 96.8 cm³/mol. The molecule has 0 aliphatic heterocycles. The monoisotopic (exact) mass is 361 g/mol. The molecule has 0 amide bonds. The van der Waals surface area contributed by atoms with Crippen molar-refractivity contribution in [3.63, 3.8) is 0 Å². The molecule has 2 aromatic heterocycles. The maximum absolute atomic E-state index is 13.8. The molecule has 1 fully saturated rings. The maximum atomic E-state index is 13.8. The van der Waals surface area contributed by atoms with E-state index in [1.165, 1.54) is 6.07 Å². The number of hydrogen-bond acceptors (Lipinski definition) is 5. The Morgan fingerprint density at radius 1 is 1.04 bits per heavy atom. The number of aromatic nitrogens is 5. The van der Waals surface area contributed by atoms with Gasteiger partial charge < -0.3 is 4.52 Å². The lowest BCUT2D eigenvalue weighted by Gasteiger charge is -2.03. The van der Waals surface area contributed by atoms with Crippen LogP contribution in [-0.2, 0) is 0 Å². The lowest BCUT2D eigenvalue weighted by atomic mass is 10.1. The summed E-state index contributed by atoms with van der Waals surface area (Å²) in [7, 11) is 0. The van der Waals surface area contributed by atoms with E-state index in [2.05, 4.69) is 20.2 Å². The summed E-state index contributed by atoms with van der Waals surface area (Å²) in [6.07, 6.45) is 2.20. The Morgan fingerprint density at radius 3 is 2.59 bits per heavy atom. The van der Waals surface area contributed by atoms with Gasteiger partial charge in [0, 0.05) is 11.5 Å². The van der Waals surface area contributed by atoms with E-state index in [0.29, 0.717) is 28.7 Å². The van der Waals surface area contributed by atoms with Crippen LogP contribution in [0.3, 0.4) is 0 Å². The van der Waals surface area contributed by atoms with Gasteiger partial charge in [-0.1, -0.05) is 35.5 Å². The first-order valence-electron chi connectivity index (χ1n) is 8.82. The van der Waals surface area contributed by atoms with Gasteiger partial charge in [-0.25, -0.2) is 14.1 Å². The first kappa shape index (κ1) is 15.9. The fourth-order valence-electron chi connectivity index (χ4n) is 2.94. The Balaban J connectivity index is 1.54. The van der Waals surface area contributed by atoms with E-state index in [9.17, 15) is 4.39 Å². The fourth-order valence-corrected chi connectivity index (χ4v) is 2.94. The average molecular weight is 361 g/mol. The third-order valence-electron chi connectivity index (χ3n) is 4.62. The molecule has 1 aliphatic rings. The standard InChI is InChI=1S/C20H16FN5O/c1-12-7-8-14(11-16(12)21)17-23-20(27-25-17)18-22-19(13-9-10-13)26(24-18)15-5-3-2-4-6-15/h2-8,11,13H,9-10H2,1H3. The third kappa shape index (κ3) is 2.91. The maximum Gasteiger partial charge on any atom is 0.297 e. The molecule has 27 heavy (non-hydrogen) atoms. The van der Waals surface area contributed by atoms with E-state index in [4.69, 9.17) is 4.52 Å². The van der Waals surface area contributed by atoms with Crippen molar-refractivity contribution in [3.05, 3.63) is 65.7 Å². The van der Waals surface area contributed by atoms with Crippen molar-refractivity contribution in [2.45, 2.75) is 25.7 Å². The summed E-state index contributed by atoms with van der Waals surface area (Å²) in [5, 5.41) is 8.55. The minimum Gasteiger partial charge on any atom is -0.330 e. The molecule has 1 saturated carbocycles. The number of benzene rings is 2. The SMILES string of the molecule is Cc1ccc(-c2noc(-c3nc(C4CC4)n(-c4ccccc4)n3)n2)cc1F. The van der Waals surface area contributed by atoms with Crippen LogP contribution in [0, 0.1) is 12.7 Å². The molecule has 0 N–H and O–H groups in total. The Hall–Kier alpha value is -3.35. The van der Waals surface area contributed by atoms with Crippen molar-refractivity contribution in [2.75, 3.05) is 0 Å². The Morgan fingerprint density at radius 2 is 1.85 bits per heavy atom. The second-order valence-electron chi connectivity index (χ2n) is 6.70. The molecule has 7 heteroatoms. The number of para-hydroxylation sites is 1. The smallest absolute Gasteiger partial charge is 0.297 e. The van der Waals surface area contributed by atoms with Gasteiger partial charge >= 0.3 is 0 Å². The van der Waals surface area contributed by atoms with Crippen LogP contribution in [0.1, 0.15) is 30.1 Å². The van der Waals surface area contributed by atoms with Crippen LogP contribution in [0.15, 0.2) is 53.1 Å². The molecule has 0 saturated heterocycles. The Kier molecular flexibility index (Phi) is 3.60. The summed E-state index contributed by atoms with van der Waals surface area (Å²) in [5.74, 6) is 1.92.